The summed E-state index contributed by atoms with van der Waals surface area (Å²) >= 11 is 1.88. The van der Waals surface area contributed by atoms with Gasteiger partial charge in [-0.2, -0.15) is 5.10 Å². The Morgan fingerprint density at radius 1 is 0.792 bits per heavy atom. The van der Waals surface area contributed by atoms with E-state index in [0.29, 0.717) is 11.5 Å². The van der Waals surface area contributed by atoms with Crippen LogP contribution in [0.15, 0.2) is 30.3 Å². The maximum absolute atomic E-state index is 6.33. The Hall–Kier alpha value is -3.13. The minimum atomic E-state index is -0.164. The third-order valence-electron chi connectivity index (χ3n) is 9.27. The lowest BCUT2D eigenvalue weighted by Crippen LogP contribution is -2.24. The molecule has 0 saturated carbocycles. The number of aromatic nitrogens is 4. The fourth-order valence-electron chi connectivity index (χ4n) is 6.39. The second-order valence-electron chi connectivity index (χ2n) is 14.5. The van der Waals surface area contributed by atoms with Gasteiger partial charge in [0, 0.05) is 39.9 Å². The third-order valence-corrected chi connectivity index (χ3v) is 10.4. The lowest BCUT2D eigenvalue weighted by Gasteiger charge is -2.23. The van der Waals surface area contributed by atoms with Crippen molar-refractivity contribution in [2.45, 2.75) is 143 Å². The van der Waals surface area contributed by atoms with E-state index < -0.39 is 0 Å². The van der Waals surface area contributed by atoms with Crippen LogP contribution >= 0.6 is 11.3 Å². The number of nitrogens with zero attached hydrogens (tertiary/aromatic N) is 5. The normalized spacial score (nSPS) is 12.4. The first-order chi connectivity index (χ1) is 23.2. The molecule has 3 aromatic heterocycles. The van der Waals surface area contributed by atoms with Crippen molar-refractivity contribution in [2.24, 2.45) is 0 Å². The molecule has 2 N–H and O–H groups in total. The number of methoxy groups -OCH3 is 1. The number of anilines is 2. The van der Waals surface area contributed by atoms with Gasteiger partial charge in [-0.25, -0.2) is 4.98 Å². The van der Waals surface area contributed by atoms with E-state index in [9.17, 15) is 0 Å². The summed E-state index contributed by atoms with van der Waals surface area (Å²) in [6, 6.07) is 10.2. The number of fused-ring (bicyclic) bond motifs is 1. The number of benzene rings is 1. The lowest BCUT2D eigenvalue weighted by atomic mass is 9.91. The number of nitrogens with two attached hydrogens (primary N) is 1. The van der Waals surface area contributed by atoms with Crippen molar-refractivity contribution in [1.82, 2.24) is 19.8 Å². The number of hydrogen-bond donors (Lipinski definition) is 1. The first-order valence-electron chi connectivity index (χ1n) is 18.8. The number of rotatable bonds is 22. The van der Waals surface area contributed by atoms with Crippen LogP contribution in [-0.2, 0) is 5.41 Å². The lowest BCUT2D eigenvalue weighted by molar-refractivity contribution is 0.415. The number of nitrogen functional groups attached to an aromatic ring is 1. The van der Waals surface area contributed by atoms with Crippen LogP contribution in [0.2, 0.25) is 0 Å². The van der Waals surface area contributed by atoms with E-state index in [1.807, 2.05) is 29.5 Å². The van der Waals surface area contributed by atoms with Crippen LogP contribution in [0.5, 0.6) is 5.75 Å². The summed E-state index contributed by atoms with van der Waals surface area (Å²) in [7, 11) is 1.65. The molecule has 1 aromatic carbocycles. The number of ether oxygens (including phenoxy) is 1. The highest BCUT2D eigenvalue weighted by atomic mass is 32.1. The van der Waals surface area contributed by atoms with Crippen molar-refractivity contribution >= 4 is 33.7 Å². The summed E-state index contributed by atoms with van der Waals surface area (Å²) in [5.74, 6) is 1.27. The second-order valence-corrected chi connectivity index (χ2v) is 15.6. The minimum absolute atomic E-state index is 0.164. The van der Waals surface area contributed by atoms with Crippen molar-refractivity contribution in [3.63, 3.8) is 0 Å². The molecule has 4 aromatic rings. The molecule has 48 heavy (non-hydrogen) atoms. The molecule has 0 saturated heterocycles. The van der Waals surface area contributed by atoms with Gasteiger partial charge in [0.15, 0.2) is 11.5 Å². The van der Waals surface area contributed by atoms with Crippen molar-refractivity contribution in [3.05, 3.63) is 46.1 Å². The van der Waals surface area contributed by atoms with Crippen molar-refractivity contribution < 1.29 is 4.74 Å². The Balaban J connectivity index is 1.53. The molecule has 0 bridgehead atoms. The van der Waals surface area contributed by atoms with Crippen LogP contribution in [0.25, 0.3) is 23.1 Å². The summed E-state index contributed by atoms with van der Waals surface area (Å²) in [6.07, 6.45) is 23.9. The summed E-state index contributed by atoms with van der Waals surface area (Å²) in [5, 5.41) is 12.1. The Kier molecular flexibility index (Phi) is 15.0. The van der Waals surface area contributed by atoms with Crippen molar-refractivity contribution in [3.8, 4) is 17.1 Å². The highest BCUT2D eigenvalue weighted by Gasteiger charge is 2.24. The van der Waals surface area contributed by atoms with Gasteiger partial charge >= 0.3 is 0 Å². The summed E-state index contributed by atoms with van der Waals surface area (Å²) in [5.41, 5.74) is 9.28. The van der Waals surface area contributed by atoms with Crippen LogP contribution in [0, 0.1) is 0 Å². The average Bonchev–Trinajstić information content (AvgIpc) is 3.79. The molecule has 0 aliphatic carbocycles. The fourth-order valence-corrected chi connectivity index (χ4v) is 7.39. The predicted molar refractivity (Wildman–Crippen MR) is 206 cm³/mol. The van der Waals surface area contributed by atoms with Crippen molar-refractivity contribution in [2.75, 3.05) is 30.8 Å². The molecule has 0 aliphatic heterocycles. The summed E-state index contributed by atoms with van der Waals surface area (Å²) < 4.78 is 7.11. The highest BCUT2D eigenvalue weighted by Crippen LogP contribution is 2.30. The first-order valence-corrected chi connectivity index (χ1v) is 19.6. The minimum Gasteiger partial charge on any atom is -0.497 e. The molecule has 0 amide bonds. The third kappa shape index (κ3) is 10.9. The Morgan fingerprint density at radius 2 is 1.38 bits per heavy atom. The monoisotopic (exact) mass is 674 g/mol. The van der Waals surface area contributed by atoms with Gasteiger partial charge in [-0.3, -0.25) is 0 Å². The van der Waals surface area contributed by atoms with Gasteiger partial charge in [0.05, 0.1) is 17.8 Å². The molecule has 0 spiro atoms. The van der Waals surface area contributed by atoms with Gasteiger partial charge in [-0.05, 0) is 49.2 Å². The molecule has 8 heteroatoms. The summed E-state index contributed by atoms with van der Waals surface area (Å²) in [6.45, 7) is 13.4. The average molecular weight is 675 g/mol. The molecule has 0 atom stereocenters. The number of unbranched alkanes of at least 4 members (excludes halogenated alkanes) is 14. The van der Waals surface area contributed by atoms with Gasteiger partial charge in [0.2, 0.25) is 0 Å². The Bertz CT molecular complexity index is 1550. The maximum atomic E-state index is 6.33. The smallest absolute Gasteiger partial charge is 0.186 e. The Morgan fingerprint density at radius 3 is 1.94 bits per heavy atom. The molecule has 264 valence electrons. The van der Waals surface area contributed by atoms with Crippen molar-refractivity contribution in [1.29, 1.82) is 0 Å². The van der Waals surface area contributed by atoms with Gasteiger partial charge < -0.3 is 15.4 Å². The van der Waals surface area contributed by atoms with Crippen LogP contribution in [0.3, 0.4) is 0 Å². The largest absolute Gasteiger partial charge is 0.497 e. The van der Waals surface area contributed by atoms with E-state index in [2.05, 4.69) is 57.7 Å². The quantitative estimate of drug-likeness (QED) is 0.0660. The standard InChI is InChI=1S/C40H62N6OS/c1-7-9-11-13-15-17-19-21-27-45(28-22-20-18-16-14-12-10-8-2)36-26-24-32(48-36)30-34-37(40(3,4)5)43-46-39(34)42-38(44-46)33-29-31(47-6)23-25-35(33)41/h23-26,29-30H,7-22,27-28,41H2,1-6H3/b34-30-. The fraction of sp³-hybridized carbons (Fsp3) is 0.625. The van der Waals surface area contributed by atoms with Crippen LogP contribution in [0.4, 0.5) is 10.7 Å². The molecule has 3 heterocycles. The molecule has 0 radical (unpaired) electrons. The van der Waals surface area contributed by atoms with Crippen LogP contribution in [0.1, 0.15) is 148 Å². The van der Waals surface area contributed by atoms with E-state index in [0.717, 1.165) is 41.0 Å². The maximum Gasteiger partial charge on any atom is 0.186 e. The van der Waals surface area contributed by atoms with E-state index in [4.69, 9.17) is 25.7 Å². The van der Waals surface area contributed by atoms with Crippen LogP contribution in [-0.4, -0.2) is 40.0 Å². The first kappa shape index (κ1) is 37.7. The molecular weight excluding hydrogens is 613 g/mol. The van der Waals surface area contributed by atoms with Gasteiger partial charge in [0.25, 0.3) is 0 Å². The van der Waals surface area contributed by atoms with E-state index in [1.165, 1.54) is 113 Å². The van der Waals surface area contributed by atoms with E-state index in [-0.39, 0.29) is 5.41 Å². The van der Waals surface area contributed by atoms with Crippen LogP contribution < -0.4 is 20.6 Å². The zero-order valence-corrected chi connectivity index (χ0v) is 31.6. The number of hydrogen-bond acceptors (Lipinski definition) is 7. The Labute approximate surface area is 294 Å². The van der Waals surface area contributed by atoms with Gasteiger partial charge in [0.1, 0.15) is 5.75 Å². The molecule has 7 nitrogen and oxygen atoms in total. The SMILES string of the molecule is CCCCCCCCCCN(CCCCCCCCCC)c1ccc(/C=c2/c(C(C)(C)C)nn3nc(-c4cc(OC)ccc4N)nc23)s1. The second kappa shape index (κ2) is 19.2. The molecule has 0 fully saturated rings. The molecule has 0 unspecified atom stereocenters. The summed E-state index contributed by atoms with van der Waals surface area (Å²) in [4.78, 5) is 8.84. The zero-order chi connectivity index (χ0) is 34.4. The number of thiophene rings is 1. The van der Waals surface area contributed by atoms with Gasteiger partial charge in [-0.1, -0.05) is 125 Å². The van der Waals surface area contributed by atoms with E-state index in [1.54, 1.807) is 11.7 Å². The zero-order valence-electron chi connectivity index (χ0n) is 30.8. The molecular formula is C40H62N6OS. The van der Waals surface area contributed by atoms with E-state index >= 15 is 0 Å². The predicted octanol–water partition coefficient (Wildman–Crippen LogP) is 10.4. The van der Waals surface area contributed by atoms with Gasteiger partial charge in [-0.15, -0.1) is 21.1 Å². The molecule has 0 aliphatic rings. The molecule has 4 rings (SSSR count). The topological polar surface area (TPSA) is 81.6 Å². The highest BCUT2D eigenvalue weighted by molar-refractivity contribution is 7.16.